The zero-order valence-corrected chi connectivity index (χ0v) is 35.2. The summed E-state index contributed by atoms with van der Waals surface area (Å²) in [5.74, 6) is 0.303. The van der Waals surface area contributed by atoms with Crippen molar-refractivity contribution < 1.29 is 31.8 Å². The largest absolute Gasteiger partial charge is 0.573 e. The van der Waals surface area contributed by atoms with Crippen molar-refractivity contribution in [3.05, 3.63) is 149 Å². The maximum Gasteiger partial charge on any atom is 0.573 e. The number of imidazole rings is 1. The monoisotopic (exact) mass is 880 g/mol. The molecule has 4 aromatic carbocycles. The van der Waals surface area contributed by atoms with Crippen LogP contribution in [0.25, 0.3) is 16.6 Å². The molecule has 1 amide bonds. The van der Waals surface area contributed by atoms with Crippen LogP contribution in [0.15, 0.2) is 116 Å². The number of pyridine rings is 1. The number of piperidine rings is 1. The highest BCUT2D eigenvalue weighted by Gasteiger charge is 2.31. The van der Waals surface area contributed by atoms with Crippen molar-refractivity contribution in [1.29, 1.82) is 0 Å². The Balaban J connectivity index is 0.000000193. The van der Waals surface area contributed by atoms with E-state index in [0.717, 1.165) is 59.3 Å². The number of alkyl halides is 3. The number of carbonyl (C=O) groups excluding carboxylic acids is 1. The molecule has 7 aromatic rings. The van der Waals surface area contributed by atoms with Gasteiger partial charge in [0.05, 0.1) is 35.1 Å². The third-order valence-electron chi connectivity index (χ3n) is 11.1. The minimum atomic E-state index is -4.68. The van der Waals surface area contributed by atoms with Crippen LogP contribution >= 0.6 is 11.6 Å². The molecule has 0 aliphatic carbocycles. The second-order valence-electron chi connectivity index (χ2n) is 15.2. The number of ether oxygens (including phenoxy) is 2. The fourth-order valence-electron chi connectivity index (χ4n) is 7.94. The van der Waals surface area contributed by atoms with E-state index in [1.807, 2.05) is 54.3 Å². The molecule has 9 rings (SSSR count). The van der Waals surface area contributed by atoms with E-state index in [9.17, 15) is 22.4 Å². The maximum atomic E-state index is 14.5. The number of amides is 1. The molecule has 2 aliphatic heterocycles. The van der Waals surface area contributed by atoms with Crippen LogP contribution in [0.5, 0.6) is 5.75 Å². The van der Waals surface area contributed by atoms with Gasteiger partial charge in [0, 0.05) is 55.7 Å². The average molecular weight is 881 g/mol. The van der Waals surface area contributed by atoms with Gasteiger partial charge >= 0.3 is 6.36 Å². The quantitative estimate of drug-likeness (QED) is 0.130. The number of hydrogen-bond donors (Lipinski definition) is 2. The first-order valence-corrected chi connectivity index (χ1v) is 21.1. The molecule has 2 N–H and O–H groups in total. The molecule has 16 heteroatoms. The lowest BCUT2D eigenvalue weighted by atomic mass is 9.89. The van der Waals surface area contributed by atoms with Crippen LogP contribution < -0.4 is 25.2 Å². The fraction of sp³-hybridized carbons (Fsp3) is 0.277. The van der Waals surface area contributed by atoms with Crippen molar-refractivity contribution in [3.63, 3.8) is 0 Å². The Morgan fingerprint density at radius 3 is 2.35 bits per heavy atom. The molecule has 2 fully saturated rings. The van der Waals surface area contributed by atoms with Crippen LogP contribution in [-0.2, 0) is 17.7 Å². The first-order valence-electron chi connectivity index (χ1n) is 20.7. The van der Waals surface area contributed by atoms with Gasteiger partial charge in [0.25, 0.3) is 5.91 Å². The lowest BCUT2D eigenvalue weighted by molar-refractivity contribution is -0.274. The Morgan fingerprint density at radius 1 is 0.889 bits per heavy atom. The highest BCUT2D eigenvalue weighted by Crippen LogP contribution is 2.33. The van der Waals surface area contributed by atoms with Crippen LogP contribution in [0.2, 0.25) is 5.02 Å². The van der Waals surface area contributed by atoms with Gasteiger partial charge < -0.3 is 29.9 Å². The summed E-state index contributed by atoms with van der Waals surface area (Å²) < 4.78 is 62.7. The van der Waals surface area contributed by atoms with E-state index in [-0.39, 0.29) is 23.4 Å². The van der Waals surface area contributed by atoms with Gasteiger partial charge in [0.2, 0.25) is 0 Å². The Hall–Kier alpha value is -6.45. The Morgan fingerprint density at radius 2 is 1.63 bits per heavy atom. The standard InChI is InChI=1S/C29H28ClF3N4O2.C18H17FN4O/c1-2-25-27(37-18-22(30)7-12-26(37)35-25)28(38)34-17-19-3-8-23(9-4-19)36-15-13-21(14-16-36)20-5-10-24(11-6-20)39-29(31,32)33;19-15-11-13(5-6-17(15)23-7-9-24-10-8-23)22-18-14-3-1-2-4-16(14)20-12-21-18/h3-12,18,21H,2,13-17H2,1H3,(H,34,38);1-6,11-12H,7-10H2,(H,20,21,22). The highest BCUT2D eigenvalue weighted by molar-refractivity contribution is 6.30. The number of carbonyl (C=O) groups is 1. The molecule has 0 saturated carbocycles. The van der Waals surface area contributed by atoms with Crippen LogP contribution in [0, 0.1) is 5.82 Å². The molecular formula is C47H45ClF4N8O3. The smallest absolute Gasteiger partial charge is 0.406 e. The predicted octanol–water partition coefficient (Wildman–Crippen LogP) is 10.1. The summed E-state index contributed by atoms with van der Waals surface area (Å²) in [5, 5.41) is 7.62. The number of anilines is 4. The number of benzene rings is 4. The Labute approximate surface area is 366 Å². The molecule has 0 bridgehead atoms. The summed E-state index contributed by atoms with van der Waals surface area (Å²) in [7, 11) is 0. The first-order chi connectivity index (χ1) is 30.5. The number of morpholine rings is 1. The SMILES string of the molecule is CCc1nc2ccc(Cl)cn2c1C(=O)NCc1ccc(N2CCC(c3ccc(OC(F)(F)F)cc3)CC2)cc1.Fc1cc(Nc2ncnc3ccccc23)ccc1N1CCOCC1. The lowest BCUT2D eigenvalue weighted by Crippen LogP contribution is -2.36. The number of nitrogens with zero attached hydrogens (tertiary/aromatic N) is 6. The van der Waals surface area contributed by atoms with Gasteiger partial charge in [-0.25, -0.2) is 19.3 Å². The minimum absolute atomic E-state index is 0.200. The van der Waals surface area contributed by atoms with Gasteiger partial charge in [-0.1, -0.05) is 54.9 Å². The molecule has 3 aromatic heterocycles. The molecule has 2 saturated heterocycles. The topological polar surface area (TPSA) is 109 Å². The second-order valence-corrected chi connectivity index (χ2v) is 15.6. The summed E-state index contributed by atoms with van der Waals surface area (Å²) in [6.07, 6.45) is 0.957. The Bertz CT molecular complexity index is 2660. The molecule has 5 heterocycles. The number of hydrogen-bond acceptors (Lipinski definition) is 9. The number of para-hydroxylation sites is 1. The highest BCUT2D eigenvalue weighted by atomic mass is 35.5. The molecule has 63 heavy (non-hydrogen) atoms. The molecule has 11 nitrogen and oxygen atoms in total. The van der Waals surface area contributed by atoms with Crippen molar-refractivity contribution in [2.75, 3.05) is 54.5 Å². The van der Waals surface area contributed by atoms with Crippen LogP contribution in [0.4, 0.5) is 40.4 Å². The number of nitrogens with one attached hydrogen (secondary N) is 2. The normalized spacial score (nSPS) is 14.6. The number of fused-ring (bicyclic) bond motifs is 2. The fourth-order valence-corrected chi connectivity index (χ4v) is 8.10. The van der Waals surface area contributed by atoms with E-state index in [0.29, 0.717) is 72.8 Å². The van der Waals surface area contributed by atoms with Crippen molar-refractivity contribution in [3.8, 4) is 5.75 Å². The second kappa shape index (κ2) is 19.3. The Kier molecular flexibility index (Phi) is 13.2. The molecule has 0 radical (unpaired) electrons. The molecule has 326 valence electrons. The molecule has 0 atom stereocenters. The summed E-state index contributed by atoms with van der Waals surface area (Å²) in [5.41, 5.74) is 7.12. The molecular weight excluding hydrogens is 836 g/mol. The average Bonchev–Trinajstić information content (AvgIpc) is 3.67. The predicted molar refractivity (Wildman–Crippen MR) is 237 cm³/mol. The van der Waals surface area contributed by atoms with Crippen molar-refractivity contribution in [2.45, 2.75) is 45.0 Å². The molecule has 0 unspecified atom stereocenters. The van der Waals surface area contributed by atoms with Crippen molar-refractivity contribution in [2.24, 2.45) is 0 Å². The molecule has 2 aliphatic rings. The summed E-state index contributed by atoms with van der Waals surface area (Å²) in [6, 6.07) is 30.7. The number of aryl methyl sites for hydroxylation is 1. The zero-order chi connectivity index (χ0) is 43.9. The van der Waals surface area contributed by atoms with Gasteiger partial charge in [-0.15, -0.1) is 13.2 Å². The van der Waals surface area contributed by atoms with E-state index >= 15 is 0 Å². The van der Waals surface area contributed by atoms with Gasteiger partial charge in [-0.05, 0) is 103 Å². The van der Waals surface area contributed by atoms with Gasteiger partial charge in [-0.3, -0.25) is 9.20 Å². The van der Waals surface area contributed by atoms with Gasteiger partial charge in [0.1, 0.15) is 35.1 Å². The van der Waals surface area contributed by atoms with Crippen LogP contribution in [-0.4, -0.2) is 71.0 Å². The van der Waals surface area contributed by atoms with Crippen LogP contribution in [0.3, 0.4) is 0 Å². The third-order valence-corrected chi connectivity index (χ3v) is 11.4. The van der Waals surface area contributed by atoms with Crippen molar-refractivity contribution >= 4 is 56.9 Å². The maximum absolute atomic E-state index is 14.5. The van der Waals surface area contributed by atoms with Gasteiger partial charge in [-0.2, -0.15) is 0 Å². The first kappa shape index (κ1) is 43.2. The number of aromatic nitrogens is 4. The lowest BCUT2D eigenvalue weighted by Gasteiger charge is -2.34. The van der Waals surface area contributed by atoms with Gasteiger partial charge in [0.15, 0.2) is 0 Å². The van der Waals surface area contributed by atoms with E-state index in [4.69, 9.17) is 16.3 Å². The minimum Gasteiger partial charge on any atom is -0.406 e. The van der Waals surface area contributed by atoms with E-state index < -0.39 is 6.36 Å². The van der Waals surface area contributed by atoms with E-state index in [2.05, 4.69) is 47.4 Å². The summed E-state index contributed by atoms with van der Waals surface area (Å²) in [6.45, 7) is 6.71. The summed E-state index contributed by atoms with van der Waals surface area (Å²) in [4.78, 5) is 30.4. The van der Waals surface area contributed by atoms with Crippen molar-refractivity contribution in [1.82, 2.24) is 24.7 Å². The summed E-state index contributed by atoms with van der Waals surface area (Å²) >= 11 is 6.14. The van der Waals surface area contributed by atoms with Crippen LogP contribution in [0.1, 0.15) is 53.0 Å². The van der Waals surface area contributed by atoms with E-state index in [1.54, 1.807) is 40.9 Å². The zero-order valence-electron chi connectivity index (χ0n) is 34.4. The molecule has 0 spiro atoms. The number of rotatable bonds is 10. The number of halogens is 5. The third kappa shape index (κ3) is 10.6. The van der Waals surface area contributed by atoms with E-state index in [1.165, 1.54) is 24.5 Å².